The molecular weight excluding hydrogens is 576 g/mol. The van der Waals surface area contributed by atoms with Gasteiger partial charge in [-0.3, -0.25) is 9.59 Å². The molecule has 0 spiro atoms. The molecule has 0 aliphatic carbocycles. The Balaban J connectivity index is 1.52. The Morgan fingerprint density at radius 1 is 1.06 bits per heavy atom. The van der Waals surface area contributed by atoms with Gasteiger partial charge in [0.1, 0.15) is 12.4 Å². The smallest absolute Gasteiger partial charge is 0.240 e. The van der Waals surface area contributed by atoms with E-state index in [1.807, 2.05) is 0 Å². The first-order chi connectivity index (χ1) is 17.2. The monoisotopic (exact) mass is 595 g/mol. The van der Waals surface area contributed by atoms with Crippen LogP contribution in [0.2, 0.25) is 10.0 Å². The van der Waals surface area contributed by atoms with Crippen LogP contribution in [0.1, 0.15) is 24.0 Å². The maximum Gasteiger partial charge on any atom is 0.240 e. The molecular formula is C25H21BrCl2FN3O4. The van der Waals surface area contributed by atoms with E-state index in [2.05, 4.69) is 31.8 Å². The molecule has 3 aromatic carbocycles. The average Bonchev–Trinajstić information content (AvgIpc) is 2.84. The Bertz CT molecular complexity index is 1270. The predicted octanol–water partition coefficient (Wildman–Crippen LogP) is 6.35. The van der Waals surface area contributed by atoms with Crippen molar-refractivity contribution in [2.45, 2.75) is 19.4 Å². The van der Waals surface area contributed by atoms with E-state index in [0.29, 0.717) is 37.3 Å². The van der Waals surface area contributed by atoms with E-state index < -0.39 is 11.7 Å². The van der Waals surface area contributed by atoms with Crippen molar-refractivity contribution in [1.82, 2.24) is 5.43 Å². The van der Waals surface area contributed by atoms with Gasteiger partial charge in [-0.2, -0.15) is 5.10 Å². The first kappa shape index (κ1) is 27.4. The van der Waals surface area contributed by atoms with Gasteiger partial charge in [0.2, 0.25) is 11.8 Å². The van der Waals surface area contributed by atoms with Gasteiger partial charge < -0.3 is 14.8 Å². The molecule has 3 rings (SSSR count). The fraction of sp³-hybridized carbons (Fsp3) is 0.160. The first-order valence-corrected chi connectivity index (χ1v) is 12.1. The number of amides is 2. The number of carbonyl (C=O) groups excluding carboxylic acids is 2. The first-order valence-electron chi connectivity index (χ1n) is 10.6. The summed E-state index contributed by atoms with van der Waals surface area (Å²) in [5.41, 5.74) is 4.21. The Morgan fingerprint density at radius 3 is 2.47 bits per heavy atom. The number of hydrogen-bond acceptors (Lipinski definition) is 5. The fourth-order valence-electron chi connectivity index (χ4n) is 2.96. The van der Waals surface area contributed by atoms with E-state index in [-0.39, 0.29) is 25.4 Å². The second kappa shape index (κ2) is 13.2. The lowest BCUT2D eigenvalue weighted by Crippen LogP contribution is -2.20. The van der Waals surface area contributed by atoms with Gasteiger partial charge in [0.15, 0.2) is 11.5 Å². The highest BCUT2D eigenvalue weighted by Crippen LogP contribution is 2.37. The molecule has 3 aromatic rings. The Hall–Kier alpha value is -3.14. The van der Waals surface area contributed by atoms with E-state index >= 15 is 0 Å². The van der Waals surface area contributed by atoms with Gasteiger partial charge in [-0.25, -0.2) is 9.82 Å². The number of hydrogen-bond donors (Lipinski definition) is 2. The molecule has 0 radical (unpaired) electrons. The van der Waals surface area contributed by atoms with Gasteiger partial charge >= 0.3 is 0 Å². The molecule has 2 amide bonds. The zero-order chi connectivity index (χ0) is 26.1. The quantitative estimate of drug-likeness (QED) is 0.211. The van der Waals surface area contributed by atoms with Crippen molar-refractivity contribution in [2.75, 3.05) is 12.4 Å². The van der Waals surface area contributed by atoms with Crippen molar-refractivity contribution >= 4 is 62.8 Å². The summed E-state index contributed by atoms with van der Waals surface area (Å²) in [4.78, 5) is 24.0. The molecule has 11 heteroatoms. The number of nitrogens with one attached hydrogen (secondary N) is 2. The summed E-state index contributed by atoms with van der Waals surface area (Å²) in [6.07, 6.45) is 1.31. The summed E-state index contributed by atoms with van der Waals surface area (Å²) < 4.78 is 24.9. The van der Waals surface area contributed by atoms with E-state index in [9.17, 15) is 14.0 Å². The maximum atomic E-state index is 12.9. The van der Waals surface area contributed by atoms with Crippen LogP contribution in [-0.4, -0.2) is 25.1 Å². The van der Waals surface area contributed by atoms with E-state index in [1.54, 1.807) is 30.3 Å². The van der Waals surface area contributed by atoms with E-state index in [4.69, 9.17) is 32.7 Å². The molecule has 0 saturated heterocycles. The van der Waals surface area contributed by atoms with Crippen molar-refractivity contribution in [3.63, 3.8) is 0 Å². The molecule has 0 unspecified atom stereocenters. The van der Waals surface area contributed by atoms with Gasteiger partial charge in [0.05, 0.1) is 17.8 Å². The van der Waals surface area contributed by atoms with Gasteiger partial charge in [-0.05, 0) is 70.0 Å². The molecule has 36 heavy (non-hydrogen) atoms. The zero-order valence-corrected chi connectivity index (χ0v) is 22.1. The van der Waals surface area contributed by atoms with Crippen LogP contribution in [0.5, 0.6) is 11.5 Å². The lowest BCUT2D eigenvalue weighted by molar-refractivity contribution is -0.124. The third-order valence-electron chi connectivity index (χ3n) is 4.75. The van der Waals surface area contributed by atoms with Crippen LogP contribution in [0.4, 0.5) is 10.1 Å². The molecule has 188 valence electrons. The number of carbonyl (C=O) groups is 2. The highest BCUT2D eigenvalue weighted by atomic mass is 79.9. The van der Waals surface area contributed by atoms with Crippen molar-refractivity contribution < 1.29 is 23.5 Å². The Kier molecular flexibility index (Phi) is 10.1. The minimum absolute atomic E-state index is 0.0538. The maximum absolute atomic E-state index is 12.9. The van der Waals surface area contributed by atoms with Gasteiger partial charge in [-0.15, -0.1) is 0 Å². The molecule has 0 aliphatic rings. The lowest BCUT2D eigenvalue weighted by Gasteiger charge is -2.14. The summed E-state index contributed by atoms with van der Waals surface area (Å²) in [7, 11) is 1.50. The normalized spacial score (nSPS) is 10.8. The van der Waals surface area contributed by atoms with Crippen molar-refractivity contribution in [2.24, 2.45) is 5.10 Å². The van der Waals surface area contributed by atoms with E-state index in [0.717, 1.165) is 5.56 Å². The molecule has 0 fully saturated rings. The van der Waals surface area contributed by atoms with E-state index in [1.165, 1.54) is 37.6 Å². The number of anilines is 1. The fourth-order valence-corrected chi connectivity index (χ4v) is 4.00. The summed E-state index contributed by atoms with van der Waals surface area (Å²) in [6, 6.07) is 13.9. The summed E-state index contributed by atoms with van der Waals surface area (Å²) >= 11 is 15.6. The molecule has 7 nitrogen and oxygen atoms in total. The van der Waals surface area contributed by atoms with Gasteiger partial charge in [0, 0.05) is 34.1 Å². The Labute approximate surface area is 225 Å². The minimum atomic E-state index is -0.439. The largest absolute Gasteiger partial charge is 0.493 e. The van der Waals surface area contributed by atoms with Gasteiger partial charge in [0.25, 0.3) is 0 Å². The van der Waals surface area contributed by atoms with Crippen LogP contribution in [0, 0.1) is 5.82 Å². The molecule has 0 heterocycles. The third kappa shape index (κ3) is 8.22. The average molecular weight is 597 g/mol. The SMILES string of the molecule is COc1cc(C=NNC(=O)CCC(=O)Nc2ccc(F)cc2)cc(Br)c1OCc1ccc(Cl)cc1Cl. The summed E-state index contributed by atoms with van der Waals surface area (Å²) in [5.74, 6) is -0.298. The summed E-state index contributed by atoms with van der Waals surface area (Å²) in [5, 5.41) is 7.54. The van der Waals surface area contributed by atoms with Crippen molar-refractivity contribution in [3.8, 4) is 11.5 Å². The zero-order valence-electron chi connectivity index (χ0n) is 19.0. The van der Waals surface area contributed by atoms with Crippen LogP contribution in [0.3, 0.4) is 0 Å². The third-order valence-corrected chi connectivity index (χ3v) is 5.92. The Morgan fingerprint density at radius 2 is 1.78 bits per heavy atom. The second-order valence-corrected chi connectivity index (χ2v) is 9.10. The topological polar surface area (TPSA) is 89.0 Å². The number of methoxy groups -OCH3 is 1. The number of benzene rings is 3. The molecule has 0 aromatic heterocycles. The summed E-state index contributed by atoms with van der Waals surface area (Å²) in [6.45, 7) is 0.198. The molecule has 0 saturated carbocycles. The number of halogens is 4. The van der Waals surface area contributed by atoms with Crippen LogP contribution >= 0.6 is 39.1 Å². The molecule has 0 bridgehead atoms. The predicted molar refractivity (Wildman–Crippen MR) is 141 cm³/mol. The molecule has 2 N–H and O–H groups in total. The molecule has 0 atom stereocenters. The van der Waals surface area contributed by atoms with Crippen LogP contribution in [0.15, 0.2) is 64.2 Å². The van der Waals surface area contributed by atoms with Crippen LogP contribution in [0.25, 0.3) is 0 Å². The van der Waals surface area contributed by atoms with Crippen LogP contribution in [-0.2, 0) is 16.2 Å². The second-order valence-electron chi connectivity index (χ2n) is 7.41. The molecule has 0 aliphatic heterocycles. The highest BCUT2D eigenvalue weighted by Gasteiger charge is 2.13. The minimum Gasteiger partial charge on any atom is -0.493 e. The standard InChI is InChI=1S/C25H21BrCl2FN3O4/c1-35-22-11-15(10-20(26)25(22)36-14-16-2-3-17(27)12-21(16)28)13-30-32-24(34)9-8-23(33)31-19-6-4-18(29)5-7-19/h2-7,10-13H,8-9,14H2,1H3,(H,31,33)(H,32,34). The highest BCUT2D eigenvalue weighted by molar-refractivity contribution is 9.10. The lowest BCUT2D eigenvalue weighted by atomic mass is 10.2. The number of rotatable bonds is 10. The van der Waals surface area contributed by atoms with Crippen molar-refractivity contribution in [1.29, 1.82) is 0 Å². The number of hydrazone groups is 1. The van der Waals surface area contributed by atoms with Crippen molar-refractivity contribution in [3.05, 3.63) is 86.1 Å². The van der Waals surface area contributed by atoms with Gasteiger partial charge in [-0.1, -0.05) is 29.3 Å². The number of ether oxygens (including phenoxy) is 2. The van der Waals surface area contributed by atoms with Crippen LogP contribution < -0.4 is 20.2 Å². The number of nitrogens with zero attached hydrogens (tertiary/aromatic N) is 1.